The number of carbonyl (C=O) groups excluding carboxylic acids is 1. The molecule has 3 aromatic rings. The lowest BCUT2D eigenvalue weighted by Gasteiger charge is -2.30. The van der Waals surface area contributed by atoms with E-state index in [2.05, 4.69) is 4.98 Å². The summed E-state index contributed by atoms with van der Waals surface area (Å²) in [5.74, 6) is -0.296. The van der Waals surface area contributed by atoms with Crippen molar-refractivity contribution < 1.29 is 41.3 Å². The Kier molecular flexibility index (Phi) is 7.13. The molecule has 0 saturated heterocycles. The number of ether oxygens (including phenoxy) is 4. The Morgan fingerprint density at radius 3 is 2.49 bits per heavy atom. The van der Waals surface area contributed by atoms with Crippen LogP contribution in [0.5, 0.6) is 17.2 Å². The molecule has 0 amide bonds. The number of esters is 1. The highest BCUT2D eigenvalue weighted by Gasteiger charge is 2.41. The molecular weight excluding hydrogens is 518 g/mol. The second-order valence-electron chi connectivity index (χ2n) is 9.78. The first kappa shape index (κ1) is 26.8. The molecule has 0 N–H and O–H groups in total. The fourth-order valence-corrected chi connectivity index (χ4v) is 5.14. The first-order chi connectivity index (χ1) is 18.6. The highest BCUT2D eigenvalue weighted by atomic mass is 19.4. The van der Waals surface area contributed by atoms with Crippen molar-refractivity contribution in [3.8, 4) is 28.5 Å². The highest BCUT2D eigenvalue weighted by Crippen LogP contribution is 2.49. The van der Waals surface area contributed by atoms with Gasteiger partial charge in [-0.05, 0) is 66.6 Å². The zero-order valence-electron chi connectivity index (χ0n) is 21.5. The number of fused-ring (bicyclic) bond motifs is 1. The molecular formula is C29H27F4NO5. The van der Waals surface area contributed by atoms with Gasteiger partial charge in [0.1, 0.15) is 18.2 Å². The molecule has 2 heterocycles. The fraction of sp³-hybridized carbons (Fsp3) is 0.379. The molecule has 1 saturated carbocycles. The molecule has 3 atom stereocenters. The number of rotatable bonds is 7. The van der Waals surface area contributed by atoms with Crippen molar-refractivity contribution in [2.24, 2.45) is 11.8 Å². The lowest BCUT2D eigenvalue weighted by Crippen LogP contribution is -2.26. The number of methoxy groups -OCH3 is 2. The predicted octanol–water partition coefficient (Wildman–Crippen LogP) is 6.73. The summed E-state index contributed by atoms with van der Waals surface area (Å²) < 4.78 is 78.9. The summed E-state index contributed by atoms with van der Waals surface area (Å²) in [7, 11) is 2.72. The molecule has 1 aromatic heterocycles. The van der Waals surface area contributed by atoms with Gasteiger partial charge in [0.25, 0.3) is 0 Å². The maximum Gasteiger partial charge on any atom is 0.433 e. The van der Waals surface area contributed by atoms with Crippen molar-refractivity contribution in [1.82, 2.24) is 4.98 Å². The molecule has 2 unspecified atom stereocenters. The molecule has 6 nitrogen and oxygen atoms in total. The highest BCUT2D eigenvalue weighted by molar-refractivity contribution is 5.73. The van der Waals surface area contributed by atoms with Gasteiger partial charge in [-0.15, -0.1) is 0 Å². The molecule has 206 valence electrons. The van der Waals surface area contributed by atoms with Gasteiger partial charge in [-0.2, -0.15) is 13.2 Å². The van der Waals surface area contributed by atoms with E-state index in [0.717, 1.165) is 24.5 Å². The van der Waals surface area contributed by atoms with E-state index < -0.39 is 29.7 Å². The van der Waals surface area contributed by atoms with Gasteiger partial charge in [0.15, 0.2) is 23.3 Å². The molecule has 1 aliphatic heterocycles. The van der Waals surface area contributed by atoms with E-state index in [-0.39, 0.29) is 46.8 Å². The third-order valence-electron chi connectivity index (χ3n) is 7.24. The van der Waals surface area contributed by atoms with Gasteiger partial charge >= 0.3 is 12.1 Å². The number of hydrogen-bond acceptors (Lipinski definition) is 6. The van der Waals surface area contributed by atoms with E-state index >= 15 is 0 Å². The smallest absolute Gasteiger partial charge is 0.433 e. The van der Waals surface area contributed by atoms with Crippen molar-refractivity contribution in [3.05, 3.63) is 71.2 Å². The maximum absolute atomic E-state index is 14.5. The lowest BCUT2D eigenvalue weighted by molar-refractivity contribution is -0.146. The molecule has 10 heteroatoms. The first-order valence-electron chi connectivity index (χ1n) is 12.5. The van der Waals surface area contributed by atoms with E-state index in [1.807, 2.05) is 13.0 Å². The van der Waals surface area contributed by atoms with Crippen LogP contribution < -0.4 is 14.2 Å². The Balaban J connectivity index is 1.48. The number of carbonyl (C=O) groups is 1. The zero-order valence-corrected chi connectivity index (χ0v) is 21.5. The number of aromatic nitrogens is 1. The van der Waals surface area contributed by atoms with E-state index in [9.17, 15) is 22.4 Å². The van der Waals surface area contributed by atoms with Crippen molar-refractivity contribution in [1.29, 1.82) is 0 Å². The molecule has 2 aliphatic rings. The third-order valence-corrected chi connectivity index (χ3v) is 7.24. The Morgan fingerprint density at radius 2 is 1.82 bits per heavy atom. The van der Waals surface area contributed by atoms with Gasteiger partial charge in [-0.1, -0.05) is 19.1 Å². The molecule has 5 rings (SSSR count). The van der Waals surface area contributed by atoms with Gasteiger partial charge in [0.05, 0.1) is 25.8 Å². The lowest BCUT2D eigenvalue weighted by atomic mass is 9.83. The summed E-state index contributed by atoms with van der Waals surface area (Å²) in [4.78, 5) is 16.1. The van der Waals surface area contributed by atoms with Crippen LogP contribution in [0.25, 0.3) is 11.3 Å². The summed E-state index contributed by atoms with van der Waals surface area (Å²) in [5.41, 5.74) is -0.895. The number of pyridine rings is 1. The Bertz CT molecular complexity index is 1390. The van der Waals surface area contributed by atoms with Crippen LogP contribution >= 0.6 is 0 Å². The molecule has 1 fully saturated rings. The number of halogens is 4. The van der Waals surface area contributed by atoms with Gasteiger partial charge in [0.2, 0.25) is 0 Å². The number of benzene rings is 2. The van der Waals surface area contributed by atoms with Crippen molar-refractivity contribution >= 4 is 5.97 Å². The van der Waals surface area contributed by atoms with Crippen LogP contribution in [0.2, 0.25) is 0 Å². The van der Waals surface area contributed by atoms with Crippen molar-refractivity contribution in [3.63, 3.8) is 0 Å². The van der Waals surface area contributed by atoms with E-state index in [1.165, 1.54) is 38.5 Å². The van der Waals surface area contributed by atoms with Crippen LogP contribution in [0.3, 0.4) is 0 Å². The number of hydrogen-bond donors (Lipinski definition) is 0. The third kappa shape index (κ3) is 5.37. The minimum Gasteiger partial charge on any atom is -0.497 e. The second-order valence-corrected chi connectivity index (χ2v) is 9.78. The monoisotopic (exact) mass is 545 g/mol. The summed E-state index contributed by atoms with van der Waals surface area (Å²) in [6, 6.07) is 11.6. The maximum atomic E-state index is 14.5. The molecule has 0 radical (unpaired) electrons. The summed E-state index contributed by atoms with van der Waals surface area (Å²) >= 11 is 0. The number of alkyl halides is 3. The normalized spacial score (nSPS) is 18.3. The van der Waals surface area contributed by atoms with Gasteiger partial charge in [0, 0.05) is 11.1 Å². The van der Waals surface area contributed by atoms with E-state index in [4.69, 9.17) is 18.9 Å². The summed E-state index contributed by atoms with van der Waals surface area (Å²) in [6.45, 7) is 1.64. The van der Waals surface area contributed by atoms with Crippen LogP contribution in [0.15, 0.2) is 48.5 Å². The topological polar surface area (TPSA) is 66.9 Å². The van der Waals surface area contributed by atoms with Crippen LogP contribution in [0.1, 0.15) is 48.6 Å². The Morgan fingerprint density at radius 1 is 1.05 bits per heavy atom. The van der Waals surface area contributed by atoms with Gasteiger partial charge in [-0.25, -0.2) is 9.37 Å². The Hall–Kier alpha value is -3.82. The predicted molar refractivity (Wildman–Crippen MR) is 133 cm³/mol. The average molecular weight is 546 g/mol. The molecule has 1 aliphatic carbocycles. The molecule has 0 bridgehead atoms. The van der Waals surface area contributed by atoms with Crippen LogP contribution in [-0.2, 0) is 15.7 Å². The molecule has 0 spiro atoms. The van der Waals surface area contributed by atoms with Crippen LogP contribution in [0, 0.1) is 17.7 Å². The van der Waals surface area contributed by atoms with Gasteiger partial charge in [-0.3, -0.25) is 4.79 Å². The Labute approximate surface area is 222 Å². The quantitative estimate of drug-likeness (QED) is 0.242. The zero-order chi connectivity index (χ0) is 27.9. The second kappa shape index (κ2) is 10.4. The minimum absolute atomic E-state index is 0.115. The largest absolute Gasteiger partial charge is 0.497 e. The molecule has 2 aromatic carbocycles. The summed E-state index contributed by atoms with van der Waals surface area (Å²) in [6.07, 6.45) is -3.99. The fourth-order valence-electron chi connectivity index (χ4n) is 5.14. The number of nitrogens with zero attached hydrogens (tertiary/aromatic N) is 1. The van der Waals surface area contributed by atoms with Crippen molar-refractivity contribution in [2.75, 3.05) is 20.8 Å². The summed E-state index contributed by atoms with van der Waals surface area (Å²) in [5, 5.41) is 0. The van der Waals surface area contributed by atoms with Crippen LogP contribution in [0.4, 0.5) is 17.6 Å². The van der Waals surface area contributed by atoms with Crippen LogP contribution in [-0.4, -0.2) is 31.8 Å². The average Bonchev–Trinajstić information content (AvgIpc) is 3.77. The SMILES string of the molecule is COC(=O)[C@@H](C)C(c1ccc2c(c1)OC(c1ccc(-c3cc(OC)ccc3F)nc1C(F)(F)F)CO2)C1CC1. The van der Waals surface area contributed by atoms with E-state index in [1.54, 1.807) is 12.1 Å². The minimum atomic E-state index is -4.83. The van der Waals surface area contributed by atoms with Crippen molar-refractivity contribution in [2.45, 2.75) is 38.0 Å². The first-order valence-corrected chi connectivity index (χ1v) is 12.5. The van der Waals surface area contributed by atoms with Gasteiger partial charge < -0.3 is 18.9 Å². The standard InChI is InChI=1S/C29H27F4NO5/c1-15(28(35)37-3)26(16-4-5-16)17-6-11-23-24(12-17)39-25(14-38-23)19-8-10-22(34-27(19)29(31,32)33)20-13-18(36-2)7-9-21(20)30/h6-13,15-16,25-26H,4-5,14H2,1-3H3/t15-,25?,26?/m0/s1. The van der Waals surface area contributed by atoms with E-state index in [0.29, 0.717) is 11.7 Å². The molecule has 39 heavy (non-hydrogen) atoms.